The first-order valence-corrected chi connectivity index (χ1v) is 9.01. The molecular weight excluding hydrogens is 355 g/mol. The van der Waals surface area contributed by atoms with Crippen molar-refractivity contribution in [2.45, 2.75) is 13.1 Å². The molecule has 4 nitrogen and oxygen atoms in total. The number of carbonyl (C=O) groups excluding carboxylic acids is 2. The highest BCUT2D eigenvalue weighted by molar-refractivity contribution is 5.96. The Hall–Kier alpha value is -3.47. The molecule has 28 heavy (non-hydrogen) atoms. The minimum atomic E-state index is -0.492. The normalized spacial score (nSPS) is 10.3. The third-order valence-corrected chi connectivity index (χ3v) is 4.27. The summed E-state index contributed by atoms with van der Waals surface area (Å²) in [6.07, 6.45) is 0. The van der Waals surface area contributed by atoms with E-state index in [9.17, 15) is 14.0 Å². The van der Waals surface area contributed by atoms with E-state index in [4.69, 9.17) is 0 Å². The highest BCUT2D eigenvalue weighted by Gasteiger charge is 2.16. The van der Waals surface area contributed by atoms with Crippen LogP contribution in [0.15, 0.2) is 84.9 Å². The van der Waals surface area contributed by atoms with Gasteiger partial charge in [-0.1, -0.05) is 66.7 Å². The Morgan fingerprint density at radius 3 is 1.89 bits per heavy atom. The van der Waals surface area contributed by atoms with Crippen molar-refractivity contribution < 1.29 is 14.0 Å². The van der Waals surface area contributed by atoms with Gasteiger partial charge in [0.25, 0.3) is 5.91 Å². The van der Waals surface area contributed by atoms with E-state index in [-0.39, 0.29) is 18.0 Å². The zero-order valence-electron chi connectivity index (χ0n) is 15.3. The first kappa shape index (κ1) is 19.3. The van der Waals surface area contributed by atoms with Crippen LogP contribution in [0.25, 0.3) is 0 Å². The van der Waals surface area contributed by atoms with Gasteiger partial charge >= 0.3 is 0 Å². The molecule has 3 rings (SSSR count). The monoisotopic (exact) mass is 376 g/mol. The fourth-order valence-electron chi connectivity index (χ4n) is 2.84. The maximum Gasteiger partial charge on any atom is 0.251 e. The first-order valence-electron chi connectivity index (χ1n) is 9.01. The number of halogens is 1. The molecule has 0 radical (unpaired) electrons. The largest absolute Gasteiger partial charge is 0.343 e. The summed E-state index contributed by atoms with van der Waals surface area (Å²) in [5, 5.41) is 2.58. The molecule has 3 aromatic rings. The SMILES string of the molecule is O=C(NCC(=O)N(Cc1ccccc1)Cc1ccccc1)c1cccc(F)c1. The molecular formula is C23H21FN2O2. The van der Waals surface area contributed by atoms with E-state index in [2.05, 4.69) is 5.32 Å². The van der Waals surface area contributed by atoms with Crippen molar-refractivity contribution in [3.05, 3.63) is 107 Å². The molecule has 0 saturated heterocycles. The maximum absolute atomic E-state index is 13.3. The lowest BCUT2D eigenvalue weighted by atomic mass is 10.1. The van der Waals surface area contributed by atoms with Gasteiger partial charge in [-0.15, -0.1) is 0 Å². The molecule has 0 aliphatic carbocycles. The van der Waals surface area contributed by atoms with Crippen LogP contribution in [-0.4, -0.2) is 23.3 Å². The summed E-state index contributed by atoms with van der Waals surface area (Å²) in [7, 11) is 0. The van der Waals surface area contributed by atoms with Gasteiger partial charge in [0.2, 0.25) is 5.91 Å². The van der Waals surface area contributed by atoms with Gasteiger partial charge in [-0.05, 0) is 29.3 Å². The van der Waals surface area contributed by atoms with Crippen molar-refractivity contribution in [2.75, 3.05) is 6.54 Å². The summed E-state index contributed by atoms with van der Waals surface area (Å²) in [5.41, 5.74) is 2.19. The zero-order valence-corrected chi connectivity index (χ0v) is 15.3. The molecule has 142 valence electrons. The number of hydrogen-bond acceptors (Lipinski definition) is 2. The lowest BCUT2D eigenvalue weighted by Gasteiger charge is -2.23. The number of hydrogen-bond donors (Lipinski definition) is 1. The third-order valence-electron chi connectivity index (χ3n) is 4.27. The Balaban J connectivity index is 1.67. The van der Waals surface area contributed by atoms with E-state index in [1.54, 1.807) is 4.90 Å². The van der Waals surface area contributed by atoms with Crippen LogP contribution in [0.3, 0.4) is 0 Å². The third kappa shape index (κ3) is 5.51. The summed E-state index contributed by atoms with van der Waals surface area (Å²) in [6, 6.07) is 24.7. The van der Waals surface area contributed by atoms with Crippen LogP contribution in [0.1, 0.15) is 21.5 Å². The second-order valence-electron chi connectivity index (χ2n) is 6.41. The quantitative estimate of drug-likeness (QED) is 0.682. The standard InChI is InChI=1S/C23H21FN2O2/c24-21-13-7-12-20(14-21)23(28)25-15-22(27)26(16-18-8-3-1-4-9-18)17-19-10-5-2-6-11-19/h1-14H,15-17H2,(H,25,28). The van der Waals surface area contributed by atoms with Crippen molar-refractivity contribution in [3.63, 3.8) is 0 Å². The van der Waals surface area contributed by atoms with Crippen molar-refractivity contribution in [1.82, 2.24) is 10.2 Å². The van der Waals surface area contributed by atoms with Gasteiger partial charge in [0.05, 0.1) is 6.54 Å². The summed E-state index contributed by atoms with van der Waals surface area (Å²) >= 11 is 0. The van der Waals surface area contributed by atoms with Crippen LogP contribution < -0.4 is 5.32 Å². The summed E-state index contributed by atoms with van der Waals surface area (Å²) in [6.45, 7) is 0.712. The van der Waals surface area contributed by atoms with Gasteiger partial charge in [0.1, 0.15) is 5.82 Å². The van der Waals surface area contributed by atoms with Gasteiger partial charge in [0, 0.05) is 18.7 Å². The fraction of sp³-hybridized carbons (Fsp3) is 0.130. The van der Waals surface area contributed by atoms with Crippen molar-refractivity contribution >= 4 is 11.8 Å². The number of benzene rings is 3. The molecule has 0 atom stereocenters. The van der Waals surface area contributed by atoms with Crippen LogP contribution in [-0.2, 0) is 17.9 Å². The number of rotatable bonds is 7. The number of nitrogens with zero attached hydrogens (tertiary/aromatic N) is 1. The zero-order chi connectivity index (χ0) is 19.8. The average Bonchev–Trinajstić information content (AvgIpc) is 2.73. The lowest BCUT2D eigenvalue weighted by molar-refractivity contribution is -0.131. The Bertz CT molecular complexity index is 888. The van der Waals surface area contributed by atoms with Gasteiger partial charge in [-0.3, -0.25) is 9.59 Å². The Kier molecular flexibility index (Phi) is 6.52. The Morgan fingerprint density at radius 2 is 1.36 bits per heavy atom. The highest BCUT2D eigenvalue weighted by Crippen LogP contribution is 2.10. The molecule has 0 unspecified atom stereocenters. The summed E-state index contributed by atoms with van der Waals surface area (Å²) in [5.74, 6) is -1.18. The van der Waals surface area contributed by atoms with Crippen LogP contribution in [0.4, 0.5) is 4.39 Å². The summed E-state index contributed by atoms with van der Waals surface area (Å²) in [4.78, 5) is 26.7. The second-order valence-corrected chi connectivity index (χ2v) is 6.41. The molecule has 0 bridgehead atoms. The molecule has 0 saturated carbocycles. The molecule has 0 heterocycles. The molecule has 5 heteroatoms. The minimum Gasteiger partial charge on any atom is -0.343 e. The minimum absolute atomic E-state index is 0.158. The molecule has 3 aromatic carbocycles. The fourth-order valence-corrected chi connectivity index (χ4v) is 2.84. The van der Waals surface area contributed by atoms with E-state index >= 15 is 0 Å². The molecule has 0 spiro atoms. The molecule has 0 aliphatic heterocycles. The highest BCUT2D eigenvalue weighted by atomic mass is 19.1. The van der Waals surface area contributed by atoms with Crippen LogP contribution in [0, 0.1) is 5.82 Å². The molecule has 1 N–H and O–H groups in total. The predicted molar refractivity (Wildman–Crippen MR) is 106 cm³/mol. The Morgan fingerprint density at radius 1 is 0.786 bits per heavy atom. The lowest BCUT2D eigenvalue weighted by Crippen LogP contribution is -2.39. The van der Waals surface area contributed by atoms with Gasteiger partial charge in [0.15, 0.2) is 0 Å². The van der Waals surface area contributed by atoms with Crippen LogP contribution in [0.5, 0.6) is 0 Å². The number of carbonyl (C=O) groups is 2. The van der Waals surface area contributed by atoms with Gasteiger partial charge < -0.3 is 10.2 Å². The van der Waals surface area contributed by atoms with E-state index in [1.807, 2.05) is 60.7 Å². The van der Waals surface area contributed by atoms with Gasteiger partial charge in [-0.25, -0.2) is 4.39 Å². The Labute approximate surface area is 163 Å². The average molecular weight is 376 g/mol. The van der Waals surface area contributed by atoms with Crippen LogP contribution in [0.2, 0.25) is 0 Å². The van der Waals surface area contributed by atoms with Gasteiger partial charge in [-0.2, -0.15) is 0 Å². The van der Waals surface area contributed by atoms with E-state index in [1.165, 1.54) is 18.2 Å². The molecule has 0 aliphatic rings. The van der Waals surface area contributed by atoms with E-state index < -0.39 is 11.7 Å². The second kappa shape index (κ2) is 9.46. The van der Waals surface area contributed by atoms with Crippen molar-refractivity contribution in [2.24, 2.45) is 0 Å². The van der Waals surface area contributed by atoms with E-state index in [0.717, 1.165) is 17.2 Å². The molecule has 0 aromatic heterocycles. The molecule has 0 fully saturated rings. The summed E-state index contributed by atoms with van der Waals surface area (Å²) < 4.78 is 13.3. The molecule has 2 amide bonds. The van der Waals surface area contributed by atoms with E-state index in [0.29, 0.717) is 13.1 Å². The number of amides is 2. The van der Waals surface area contributed by atoms with Crippen LogP contribution >= 0.6 is 0 Å². The first-order chi connectivity index (χ1) is 13.6. The topological polar surface area (TPSA) is 49.4 Å². The van der Waals surface area contributed by atoms with Crippen molar-refractivity contribution in [3.8, 4) is 0 Å². The van der Waals surface area contributed by atoms with Crippen molar-refractivity contribution in [1.29, 1.82) is 0 Å². The number of nitrogens with one attached hydrogen (secondary N) is 1. The predicted octanol–water partition coefficient (Wildman–Crippen LogP) is 3.78. The maximum atomic E-state index is 13.3. The smallest absolute Gasteiger partial charge is 0.251 e.